The Bertz CT molecular complexity index is 647. The van der Waals surface area contributed by atoms with Gasteiger partial charge in [0.05, 0.1) is 12.7 Å². The van der Waals surface area contributed by atoms with Crippen molar-refractivity contribution in [3.63, 3.8) is 0 Å². The van der Waals surface area contributed by atoms with E-state index in [0.29, 0.717) is 19.3 Å². The lowest BCUT2D eigenvalue weighted by molar-refractivity contribution is -0.380. The smallest absolute Gasteiger partial charge is 0.374 e. The Morgan fingerprint density at radius 2 is 1.42 bits per heavy atom. The molecule has 4 aliphatic rings. The molecule has 4 saturated carbocycles. The van der Waals surface area contributed by atoms with Crippen LogP contribution in [0.5, 0.6) is 0 Å². The van der Waals surface area contributed by atoms with E-state index in [1.165, 1.54) is 0 Å². The second-order valence-electron chi connectivity index (χ2n) is 8.57. The van der Waals surface area contributed by atoms with Gasteiger partial charge in [0.25, 0.3) is 5.60 Å². The molecule has 0 aromatic carbocycles. The Labute approximate surface area is 151 Å². The number of alkyl halides is 6. The van der Waals surface area contributed by atoms with Gasteiger partial charge in [0, 0.05) is 2.74 Å². The topological polar surface area (TPSA) is 29.5 Å². The van der Waals surface area contributed by atoms with Crippen LogP contribution in [0, 0.1) is 47.3 Å². The van der Waals surface area contributed by atoms with Crippen LogP contribution in [0.15, 0.2) is 0 Å². The number of rotatable bonds is 3. The summed E-state index contributed by atoms with van der Waals surface area (Å²) in [7, 11) is 0. The van der Waals surface area contributed by atoms with Gasteiger partial charge >= 0.3 is 12.4 Å². The first-order valence-corrected chi connectivity index (χ1v) is 9.01. The van der Waals surface area contributed by atoms with Gasteiger partial charge in [0.15, 0.2) is 0 Å². The molecule has 9 atom stereocenters. The summed E-state index contributed by atoms with van der Waals surface area (Å²) in [5.41, 5.74) is -4.89. The summed E-state index contributed by atoms with van der Waals surface area (Å²) in [6.45, 7) is 1.62. The normalized spacial score (nSPS) is 54.4. The van der Waals surface area contributed by atoms with Crippen molar-refractivity contribution in [1.29, 1.82) is 0 Å². The maximum absolute atomic E-state index is 12.9. The maximum Gasteiger partial charge on any atom is 0.428 e. The number of aliphatic hydroxyl groups is 1. The molecule has 0 aromatic rings. The first kappa shape index (κ1) is 16.5. The first-order chi connectivity index (χ1) is 12.5. The molecule has 0 aromatic heterocycles. The molecule has 0 heterocycles. The van der Waals surface area contributed by atoms with Crippen LogP contribution in [0.3, 0.4) is 0 Å². The average Bonchev–Trinajstić information content (AvgIpc) is 3.22. The monoisotopic (exact) mass is 388 g/mol. The van der Waals surface area contributed by atoms with E-state index in [2.05, 4.69) is 0 Å². The highest BCUT2D eigenvalue weighted by Crippen LogP contribution is 2.70. The van der Waals surface area contributed by atoms with Crippen LogP contribution < -0.4 is 0 Å². The summed E-state index contributed by atoms with van der Waals surface area (Å²) in [5, 5.41) is 9.33. The lowest BCUT2D eigenvalue weighted by Crippen LogP contribution is -2.60. The van der Waals surface area contributed by atoms with Crippen LogP contribution in [0.1, 0.15) is 35.9 Å². The minimum Gasteiger partial charge on any atom is -0.374 e. The molecule has 8 heteroatoms. The van der Waals surface area contributed by atoms with Crippen LogP contribution in [0.4, 0.5) is 26.3 Å². The molecule has 2 nitrogen and oxygen atoms in total. The van der Waals surface area contributed by atoms with Gasteiger partial charge in [-0.25, -0.2) is 0 Å². The van der Waals surface area contributed by atoms with E-state index in [4.69, 9.17) is 7.48 Å². The predicted octanol–water partition coefficient (Wildman–Crippen LogP) is 4.42. The molecule has 0 amide bonds. The van der Waals surface area contributed by atoms with E-state index in [1.807, 2.05) is 0 Å². The third-order valence-corrected chi connectivity index (χ3v) is 7.69. The molecule has 1 N–H and O–H groups in total. The molecule has 150 valence electrons. The zero-order valence-electron chi connectivity index (χ0n) is 16.5. The third-order valence-electron chi connectivity index (χ3n) is 7.69. The molecule has 4 fully saturated rings. The van der Waals surface area contributed by atoms with E-state index >= 15 is 0 Å². The summed E-state index contributed by atoms with van der Waals surface area (Å²) >= 11 is 0. The fraction of sp³-hybridized carbons (Fsp3) is 1.00. The SMILES string of the molecule is [2H]C1(C)C2CC(C3C4CC(CC4OCC(O)(C(F)(F)F)C(F)(F)F)C32)C1([2H])C. The molecular formula is C18H24F6O2. The number of ether oxygens (including phenoxy) is 1. The van der Waals surface area contributed by atoms with Crippen LogP contribution in [-0.4, -0.2) is 35.8 Å². The molecule has 4 bridgehead atoms. The molecule has 4 aliphatic carbocycles. The predicted molar refractivity (Wildman–Crippen MR) is 79.9 cm³/mol. The van der Waals surface area contributed by atoms with E-state index in [0.717, 1.165) is 0 Å². The zero-order valence-corrected chi connectivity index (χ0v) is 14.5. The van der Waals surface area contributed by atoms with Gasteiger partial charge in [-0.2, -0.15) is 26.3 Å². The molecule has 0 spiro atoms. The molecule has 9 unspecified atom stereocenters. The highest BCUT2D eigenvalue weighted by molar-refractivity contribution is 5.14. The molecule has 0 radical (unpaired) electrons. The van der Waals surface area contributed by atoms with Crippen LogP contribution in [0.25, 0.3) is 0 Å². The van der Waals surface area contributed by atoms with Gasteiger partial charge in [-0.15, -0.1) is 0 Å². The largest absolute Gasteiger partial charge is 0.428 e. The summed E-state index contributed by atoms with van der Waals surface area (Å²) in [4.78, 5) is 0. The van der Waals surface area contributed by atoms with E-state index in [9.17, 15) is 31.4 Å². The van der Waals surface area contributed by atoms with E-state index < -0.39 is 42.5 Å². The second-order valence-corrected chi connectivity index (χ2v) is 8.57. The third kappa shape index (κ3) is 2.33. The van der Waals surface area contributed by atoms with E-state index in [1.54, 1.807) is 13.8 Å². The number of hydrogen-bond donors (Lipinski definition) is 1. The van der Waals surface area contributed by atoms with Crippen molar-refractivity contribution >= 4 is 0 Å². The summed E-state index contributed by atoms with van der Waals surface area (Å²) in [6, 6.07) is 0. The fourth-order valence-corrected chi connectivity index (χ4v) is 6.40. The van der Waals surface area contributed by atoms with Crippen molar-refractivity contribution in [2.75, 3.05) is 6.61 Å². The van der Waals surface area contributed by atoms with Gasteiger partial charge < -0.3 is 9.84 Å². The Kier molecular flexibility index (Phi) is 3.49. The van der Waals surface area contributed by atoms with Gasteiger partial charge in [-0.1, -0.05) is 13.8 Å². The van der Waals surface area contributed by atoms with Crippen molar-refractivity contribution in [2.24, 2.45) is 47.3 Å². The van der Waals surface area contributed by atoms with Crippen molar-refractivity contribution in [2.45, 2.75) is 57.2 Å². The Hall–Kier alpha value is -0.500. The molecule has 0 aliphatic heterocycles. The van der Waals surface area contributed by atoms with Crippen molar-refractivity contribution in [1.82, 2.24) is 0 Å². The quantitative estimate of drug-likeness (QED) is 0.573. The molecule has 4 rings (SSSR count). The Morgan fingerprint density at radius 3 is 1.96 bits per heavy atom. The summed E-state index contributed by atoms with van der Waals surface area (Å²) in [6.07, 6.45) is -10.8. The van der Waals surface area contributed by atoms with E-state index in [-0.39, 0.29) is 35.5 Å². The van der Waals surface area contributed by atoms with Crippen molar-refractivity contribution < 1.29 is 38.9 Å². The van der Waals surface area contributed by atoms with Gasteiger partial charge in [0.2, 0.25) is 0 Å². The first-order valence-electron chi connectivity index (χ1n) is 10.0. The number of halogens is 6. The molecular weight excluding hydrogens is 362 g/mol. The highest BCUT2D eigenvalue weighted by Gasteiger charge is 2.72. The van der Waals surface area contributed by atoms with Crippen LogP contribution >= 0.6 is 0 Å². The lowest BCUT2D eigenvalue weighted by Gasteiger charge is -2.44. The second kappa shape index (κ2) is 5.52. The minimum absolute atomic E-state index is 0.000425. The number of hydrogen-bond acceptors (Lipinski definition) is 2. The van der Waals surface area contributed by atoms with Crippen molar-refractivity contribution in [3.8, 4) is 0 Å². The average molecular weight is 388 g/mol. The van der Waals surface area contributed by atoms with Crippen molar-refractivity contribution in [3.05, 3.63) is 0 Å². The Balaban J connectivity index is 1.52. The molecule has 26 heavy (non-hydrogen) atoms. The standard InChI is InChI=1S/C18H24F6O2/c1-7-8(2)11-5-10(7)14-9-3-12(15(11)14)13(4-9)26-6-16(25,17(19,20)21)18(22,23)24/h7-15,25H,3-6H2,1-2H3/i7D,8D. The summed E-state index contributed by atoms with van der Waals surface area (Å²) in [5.74, 6) is -1.91. The van der Waals surface area contributed by atoms with Gasteiger partial charge in [-0.3, -0.25) is 0 Å². The molecule has 0 saturated heterocycles. The summed E-state index contributed by atoms with van der Waals surface area (Å²) < 4.78 is 99.8. The Morgan fingerprint density at radius 1 is 0.885 bits per heavy atom. The number of fused-ring (bicyclic) bond motifs is 9. The highest BCUT2D eigenvalue weighted by atomic mass is 19.4. The minimum atomic E-state index is -5.88. The zero-order chi connectivity index (χ0) is 21.1. The van der Waals surface area contributed by atoms with Gasteiger partial charge in [0.1, 0.15) is 0 Å². The van der Waals surface area contributed by atoms with Crippen LogP contribution in [-0.2, 0) is 4.74 Å². The maximum atomic E-state index is 12.9. The van der Waals surface area contributed by atoms with Gasteiger partial charge in [-0.05, 0) is 66.6 Å². The fourth-order valence-electron chi connectivity index (χ4n) is 6.40. The lowest BCUT2D eigenvalue weighted by atomic mass is 9.64. The van der Waals surface area contributed by atoms with Crippen LogP contribution in [0.2, 0.25) is 0 Å².